The SMILES string of the molecule is CCCCCCCCCCCCCCCCCCCC(=O)OC(COC(=O)CCCCCCCCCCCCCCCCC)COP(=O)(O)O[C@H]1C(O)=C(OP(=O)(O)O)[C@@H](OP(=O)(O)O)[C@@H](O)[C@H]1O. The van der Waals surface area contributed by atoms with Crippen LogP contribution in [0.3, 0.4) is 0 Å². The van der Waals surface area contributed by atoms with Gasteiger partial charge in [0.05, 0.1) is 6.61 Å². The van der Waals surface area contributed by atoms with Crippen LogP contribution in [0.4, 0.5) is 0 Å². The summed E-state index contributed by atoms with van der Waals surface area (Å²) in [5.41, 5.74) is 0. The minimum Gasteiger partial charge on any atom is -0.506 e. The maximum atomic E-state index is 13.1. The zero-order valence-electron chi connectivity index (χ0n) is 41.8. The van der Waals surface area contributed by atoms with E-state index in [1.807, 2.05) is 0 Å². The standard InChI is InChI=1S/C47H91O19P3/c1-3-5-7-9-11-13-15-17-19-20-22-24-26-28-30-32-34-36-41(49)63-39(37-61-40(48)35-33-31-29-27-25-23-21-18-16-14-12-10-8-6-4-2)38-62-69(59,60)66-45-42(50)43(51)46(64-67(53,54)55)47(44(45)52)65-68(56,57)58/h39,42-43,45-46,50-52H,3-38H2,1-2H3,(H,59,60)(H2,53,54,55)(H2,56,57,58)/t39?,42-,43+,45-,46+/m1/s1. The fourth-order valence-corrected chi connectivity index (χ4v) is 10.1. The molecule has 1 aliphatic carbocycles. The molecule has 0 aromatic rings. The molecule has 19 nitrogen and oxygen atoms in total. The van der Waals surface area contributed by atoms with Crippen molar-refractivity contribution in [2.45, 2.75) is 263 Å². The van der Waals surface area contributed by atoms with Crippen molar-refractivity contribution < 1.29 is 90.6 Å². The normalized spacial score (nSPS) is 19.1. The Labute approximate surface area is 412 Å². The van der Waals surface area contributed by atoms with Gasteiger partial charge in [0.1, 0.15) is 18.8 Å². The minimum atomic E-state index is -5.66. The smallest absolute Gasteiger partial charge is 0.506 e. The third-order valence-corrected chi connectivity index (χ3v) is 14.0. The summed E-state index contributed by atoms with van der Waals surface area (Å²) in [7, 11) is -16.7. The molecule has 0 aromatic heterocycles. The Morgan fingerprint density at radius 3 is 1.19 bits per heavy atom. The number of esters is 2. The van der Waals surface area contributed by atoms with E-state index >= 15 is 0 Å². The largest absolute Gasteiger partial charge is 0.524 e. The van der Waals surface area contributed by atoms with Crippen molar-refractivity contribution in [2.75, 3.05) is 13.2 Å². The van der Waals surface area contributed by atoms with E-state index in [4.69, 9.17) is 18.5 Å². The molecular weight excluding hydrogens is 961 g/mol. The molecule has 0 spiro atoms. The van der Waals surface area contributed by atoms with Gasteiger partial charge in [0.2, 0.25) is 0 Å². The quantitative estimate of drug-likeness (QED) is 0.0160. The number of hydrogen-bond acceptors (Lipinski definition) is 14. The summed E-state index contributed by atoms with van der Waals surface area (Å²) in [5, 5.41) is 31.7. The summed E-state index contributed by atoms with van der Waals surface area (Å²) in [5.74, 6) is -4.40. The summed E-state index contributed by atoms with van der Waals surface area (Å²) in [6.45, 7) is 2.97. The van der Waals surface area contributed by atoms with Crippen LogP contribution >= 0.6 is 23.5 Å². The lowest BCUT2D eigenvalue weighted by Gasteiger charge is -2.37. The zero-order chi connectivity index (χ0) is 51.4. The molecule has 0 bridgehead atoms. The first-order chi connectivity index (χ1) is 32.8. The Hall–Kier alpha value is -1.43. The topological polar surface area (TPSA) is 303 Å². The molecule has 8 N–H and O–H groups in total. The van der Waals surface area contributed by atoms with Crippen LogP contribution in [0.5, 0.6) is 0 Å². The molecule has 69 heavy (non-hydrogen) atoms. The van der Waals surface area contributed by atoms with Crippen LogP contribution in [0.15, 0.2) is 11.5 Å². The summed E-state index contributed by atoms with van der Waals surface area (Å²) in [6.07, 6.45) is 25.7. The Kier molecular flexibility index (Phi) is 37.2. The van der Waals surface area contributed by atoms with Crippen LogP contribution in [0, 0.1) is 0 Å². The minimum absolute atomic E-state index is 0.000476. The molecule has 0 saturated heterocycles. The summed E-state index contributed by atoms with van der Waals surface area (Å²) < 4.78 is 65.3. The molecule has 0 saturated carbocycles. The number of carbonyl (C=O) groups excluding carboxylic acids is 2. The van der Waals surface area contributed by atoms with Crippen molar-refractivity contribution in [3.63, 3.8) is 0 Å². The third kappa shape index (κ3) is 35.4. The van der Waals surface area contributed by atoms with Gasteiger partial charge in [-0.2, -0.15) is 0 Å². The van der Waals surface area contributed by atoms with Gasteiger partial charge in [-0.1, -0.05) is 206 Å². The highest BCUT2D eigenvalue weighted by Crippen LogP contribution is 2.52. The predicted octanol–water partition coefficient (Wildman–Crippen LogP) is 11.3. The van der Waals surface area contributed by atoms with Crippen molar-refractivity contribution in [3.8, 4) is 0 Å². The first-order valence-corrected chi connectivity index (χ1v) is 30.6. The van der Waals surface area contributed by atoms with E-state index < -0.39 is 90.7 Å². The summed E-state index contributed by atoms with van der Waals surface area (Å²) in [6, 6.07) is 0. The molecule has 1 rings (SSSR count). The molecule has 0 heterocycles. The molecular formula is C47H91O19P3. The van der Waals surface area contributed by atoms with Gasteiger partial charge in [0, 0.05) is 12.8 Å². The van der Waals surface area contributed by atoms with Crippen molar-refractivity contribution in [1.29, 1.82) is 0 Å². The lowest BCUT2D eigenvalue weighted by Crippen LogP contribution is -2.52. The second-order valence-electron chi connectivity index (χ2n) is 18.5. The number of aliphatic hydroxyl groups is 3. The van der Waals surface area contributed by atoms with Crippen molar-refractivity contribution in [1.82, 2.24) is 0 Å². The van der Waals surface area contributed by atoms with E-state index in [9.17, 15) is 63.1 Å². The van der Waals surface area contributed by atoms with Crippen molar-refractivity contribution >= 4 is 35.4 Å². The molecule has 2 unspecified atom stereocenters. The Bertz CT molecular complexity index is 1520. The van der Waals surface area contributed by atoms with Gasteiger partial charge >= 0.3 is 35.4 Å². The lowest BCUT2D eigenvalue weighted by molar-refractivity contribution is -0.161. The molecule has 0 amide bonds. The predicted molar refractivity (Wildman–Crippen MR) is 262 cm³/mol. The van der Waals surface area contributed by atoms with E-state index in [1.165, 1.54) is 141 Å². The van der Waals surface area contributed by atoms with Crippen LogP contribution < -0.4 is 0 Å². The van der Waals surface area contributed by atoms with Gasteiger partial charge in [-0.25, -0.2) is 13.7 Å². The highest BCUT2D eigenvalue weighted by Gasteiger charge is 2.52. The van der Waals surface area contributed by atoms with Gasteiger partial charge < -0.3 is 44.0 Å². The molecule has 0 aromatic carbocycles. The van der Waals surface area contributed by atoms with E-state index in [-0.39, 0.29) is 12.8 Å². The number of phosphoric ester groups is 3. The number of phosphoric acid groups is 3. The van der Waals surface area contributed by atoms with Crippen molar-refractivity contribution in [3.05, 3.63) is 11.5 Å². The number of unbranched alkanes of at least 4 members (excludes halogenated alkanes) is 30. The van der Waals surface area contributed by atoms with Crippen LogP contribution in [-0.2, 0) is 50.9 Å². The first-order valence-electron chi connectivity index (χ1n) is 26.1. The molecule has 6 atom stereocenters. The monoisotopic (exact) mass is 1050 g/mol. The molecule has 0 fully saturated rings. The van der Waals surface area contributed by atoms with Crippen LogP contribution in [0.2, 0.25) is 0 Å². The maximum Gasteiger partial charge on any atom is 0.524 e. The fraction of sp³-hybridized carbons (Fsp3) is 0.915. The molecule has 1 aliphatic rings. The highest BCUT2D eigenvalue weighted by molar-refractivity contribution is 7.47. The fourth-order valence-electron chi connectivity index (χ4n) is 8.16. The summed E-state index contributed by atoms with van der Waals surface area (Å²) in [4.78, 5) is 73.2. The van der Waals surface area contributed by atoms with Gasteiger partial charge in [0.25, 0.3) is 0 Å². The summed E-state index contributed by atoms with van der Waals surface area (Å²) >= 11 is 0. The van der Waals surface area contributed by atoms with Crippen LogP contribution in [0.25, 0.3) is 0 Å². The zero-order valence-corrected chi connectivity index (χ0v) is 44.4. The van der Waals surface area contributed by atoms with Gasteiger partial charge in [-0.3, -0.25) is 32.9 Å². The number of rotatable bonds is 46. The van der Waals surface area contributed by atoms with E-state index in [0.717, 1.165) is 51.4 Å². The van der Waals surface area contributed by atoms with E-state index in [2.05, 4.69) is 22.9 Å². The Morgan fingerprint density at radius 2 is 0.826 bits per heavy atom. The van der Waals surface area contributed by atoms with E-state index in [0.29, 0.717) is 12.8 Å². The Balaban J connectivity index is 2.69. The number of aliphatic hydroxyl groups excluding tert-OH is 3. The lowest BCUT2D eigenvalue weighted by atomic mass is 9.93. The number of ether oxygens (including phenoxy) is 2. The van der Waals surface area contributed by atoms with Crippen LogP contribution in [-0.4, -0.2) is 95.5 Å². The van der Waals surface area contributed by atoms with Crippen molar-refractivity contribution in [2.24, 2.45) is 0 Å². The highest BCUT2D eigenvalue weighted by atomic mass is 31.2. The molecule has 0 radical (unpaired) electrons. The van der Waals surface area contributed by atoms with Gasteiger partial charge in [-0.15, -0.1) is 0 Å². The van der Waals surface area contributed by atoms with Crippen LogP contribution in [0.1, 0.15) is 232 Å². The number of hydrogen-bond donors (Lipinski definition) is 8. The second-order valence-corrected chi connectivity index (χ2v) is 22.3. The molecule has 408 valence electrons. The van der Waals surface area contributed by atoms with Gasteiger partial charge in [0.15, 0.2) is 29.8 Å². The third-order valence-electron chi connectivity index (χ3n) is 12.1. The van der Waals surface area contributed by atoms with Gasteiger partial charge in [-0.05, 0) is 12.8 Å². The average Bonchev–Trinajstić information content (AvgIpc) is 3.28. The molecule has 22 heteroatoms. The second kappa shape index (κ2) is 39.1. The molecule has 0 aliphatic heterocycles. The Morgan fingerprint density at radius 1 is 0.478 bits per heavy atom. The first kappa shape index (κ1) is 65.6. The maximum absolute atomic E-state index is 13.1. The number of carbonyl (C=O) groups is 2. The average molecular weight is 1050 g/mol. The van der Waals surface area contributed by atoms with E-state index in [1.54, 1.807) is 0 Å².